The second-order valence-electron chi connectivity index (χ2n) is 5.35. The molecule has 3 rings (SSSR count). The van der Waals surface area contributed by atoms with Gasteiger partial charge in [-0.2, -0.15) is 0 Å². The van der Waals surface area contributed by atoms with Crippen LogP contribution in [0.5, 0.6) is 0 Å². The summed E-state index contributed by atoms with van der Waals surface area (Å²) in [5.74, 6) is 0.803. The fourth-order valence-electron chi connectivity index (χ4n) is 2.65. The van der Waals surface area contributed by atoms with E-state index in [0.29, 0.717) is 6.54 Å². The zero-order chi connectivity index (χ0) is 13.9. The summed E-state index contributed by atoms with van der Waals surface area (Å²) < 4.78 is 0. The Bertz CT molecular complexity index is 676. The number of hydrogen-bond donors (Lipinski definition) is 2. The van der Waals surface area contributed by atoms with Gasteiger partial charge in [-0.15, -0.1) is 0 Å². The second-order valence-corrected chi connectivity index (χ2v) is 5.35. The molecule has 0 fully saturated rings. The number of nitrogens with one attached hydrogen (secondary N) is 2. The van der Waals surface area contributed by atoms with Crippen molar-refractivity contribution in [1.29, 1.82) is 0 Å². The van der Waals surface area contributed by atoms with Crippen molar-refractivity contribution < 1.29 is 0 Å². The highest BCUT2D eigenvalue weighted by molar-refractivity contribution is 5.24. The molecule has 1 aromatic carbocycles. The third-order valence-corrected chi connectivity index (χ3v) is 3.72. The predicted molar refractivity (Wildman–Crippen MR) is 78.9 cm³/mol. The van der Waals surface area contributed by atoms with Crippen molar-refractivity contribution in [2.45, 2.75) is 32.7 Å². The van der Waals surface area contributed by atoms with E-state index in [2.05, 4.69) is 46.5 Å². The Morgan fingerprint density at radius 3 is 3.05 bits per heavy atom. The predicted octanol–water partition coefficient (Wildman–Crippen LogP) is 1.51. The summed E-state index contributed by atoms with van der Waals surface area (Å²) in [5, 5.41) is 3.21. The Morgan fingerprint density at radius 1 is 1.30 bits per heavy atom. The monoisotopic (exact) mass is 269 g/mol. The first-order chi connectivity index (χ1) is 9.72. The molecule has 0 aliphatic carbocycles. The van der Waals surface area contributed by atoms with E-state index in [-0.39, 0.29) is 5.56 Å². The van der Waals surface area contributed by atoms with E-state index < -0.39 is 0 Å². The van der Waals surface area contributed by atoms with Crippen LogP contribution in [0.15, 0.2) is 29.1 Å². The summed E-state index contributed by atoms with van der Waals surface area (Å²) in [6.45, 7) is 3.63. The van der Waals surface area contributed by atoms with E-state index in [4.69, 9.17) is 0 Å². The molecule has 4 heteroatoms. The normalized spacial score (nSPS) is 14.1. The van der Waals surface area contributed by atoms with Gasteiger partial charge < -0.3 is 10.3 Å². The number of aromatic amines is 1. The maximum absolute atomic E-state index is 12.0. The highest BCUT2D eigenvalue weighted by Gasteiger charge is 2.14. The number of fused-ring (bicyclic) bond motifs is 1. The Labute approximate surface area is 118 Å². The summed E-state index contributed by atoms with van der Waals surface area (Å²) in [4.78, 5) is 19.5. The fourth-order valence-corrected chi connectivity index (χ4v) is 2.65. The van der Waals surface area contributed by atoms with Crippen LogP contribution in [-0.2, 0) is 25.8 Å². The molecule has 4 nitrogen and oxygen atoms in total. The van der Waals surface area contributed by atoms with Gasteiger partial charge in [-0.3, -0.25) is 4.79 Å². The average molecular weight is 269 g/mol. The minimum Gasteiger partial charge on any atom is -0.312 e. The molecule has 104 valence electrons. The zero-order valence-electron chi connectivity index (χ0n) is 11.7. The largest absolute Gasteiger partial charge is 0.312 e. The van der Waals surface area contributed by atoms with E-state index in [1.165, 1.54) is 11.1 Å². The molecule has 2 heterocycles. The highest BCUT2D eigenvalue weighted by atomic mass is 16.1. The van der Waals surface area contributed by atoms with Crippen molar-refractivity contribution in [2.24, 2.45) is 0 Å². The molecule has 0 unspecified atom stereocenters. The quantitative estimate of drug-likeness (QED) is 0.888. The SMILES string of the molecule is Cc1cccc(CCc2nc3c(c(=O)[nH]2)CNCC3)c1. The van der Waals surface area contributed by atoms with Gasteiger partial charge in [0.2, 0.25) is 0 Å². The molecule has 0 saturated heterocycles. The summed E-state index contributed by atoms with van der Waals surface area (Å²) in [6.07, 6.45) is 2.53. The Kier molecular flexibility index (Phi) is 3.65. The molecule has 0 radical (unpaired) electrons. The van der Waals surface area contributed by atoms with Gasteiger partial charge in [0.05, 0.1) is 11.3 Å². The topological polar surface area (TPSA) is 57.8 Å². The van der Waals surface area contributed by atoms with Crippen molar-refractivity contribution in [3.63, 3.8) is 0 Å². The number of hydrogen-bond acceptors (Lipinski definition) is 3. The third-order valence-electron chi connectivity index (χ3n) is 3.72. The number of rotatable bonds is 3. The third kappa shape index (κ3) is 2.80. The van der Waals surface area contributed by atoms with Gasteiger partial charge in [-0.05, 0) is 18.9 Å². The standard InChI is InChI=1S/C16H19N3O/c1-11-3-2-4-12(9-11)5-6-15-18-14-7-8-17-10-13(14)16(20)19-15/h2-4,9,17H,5-8,10H2,1H3,(H,18,19,20). The number of benzene rings is 1. The van der Waals surface area contributed by atoms with Gasteiger partial charge >= 0.3 is 0 Å². The van der Waals surface area contributed by atoms with Crippen molar-refractivity contribution in [3.05, 3.63) is 62.8 Å². The van der Waals surface area contributed by atoms with Crippen LogP contribution >= 0.6 is 0 Å². The van der Waals surface area contributed by atoms with Crippen molar-refractivity contribution in [1.82, 2.24) is 15.3 Å². The van der Waals surface area contributed by atoms with Gasteiger partial charge in [-0.25, -0.2) is 4.98 Å². The molecular weight excluding hydrogens is 250 g/mol. The number of H-pyrrole nitrogens is 1. The summed E-state index contributed by atoms with van der Waals surface area (Å²) in [5.41, 5.74) is 4.33. The lowest BCUT2D eigenvalue weighted by molar-refractivity contribution is 0.612. The maximum Gasteiger partial charge on any atom is 0.255 e. The van der Waals surface area contributed by atoms with Crippen molar-refractivity contribution in [3.8, 4) is 0 Å². The summed E-state index contributed by atoms with van der Waals surface area (Å²) >= 11 is 0. The number of aromatic nitrogens is 2. The molecule has 0 spiro atoms. The highest BCUT2D eigenvalue weighted by Crippen LogP contribution is 2.09. The van der Waals surface area contributed by atoms with Gasteiger partial charge in [0.15, 0.2) is 0 Å². The van der Waals surface area contributed by atoms with Gasteiger partial charge in [0.25, 0.3) is 5.56 Å². The van der Waals surface area contributed by atoms with E-state index >= 15 is 0 Å². The van der Waals surface area contributed by atoms with E-state index in [1.807, 2.05) is 0 Å². The average Bonchev–Trinajstić information content (AvgIpc) is 2.45. The van der Waals surface area contributed by atoms with Gasteiger partial charge in [-0.1, -0.05) is 29.8 Å². The van der Waals surface area contributed by atoms with Crippen LogP contribution in [0.2, 0.25) is 0 Å². The van der Waals surface area contributed by atoms with Crippen LogP contribution in [0.3, 0.4) is 0 Å². The molecule has 0 amide bonds. The number of nitrogens with zero attached hydrogens (tertiary/aromatic N) is 1. The zero-order valence-corrected chi connectivity index (χ0v) is 11.7. The summed E-state index contributed by atoms with van der Waals surface area (Å²) in [6, 6.07) is 8.46. The molecule has 1 aromatic heterocycles. The first-order valence-corrected chi connectivity index (χ1v) is 7.09. The molecule has 0 atom stereocenters. The first-order valence-electron chi connectivity index (χ1n) is 7.09. The molecule has 2 aromatic rings. The van der Waals surface area contributed by atoms with Gasteiger partial charge in [0.1, 0.15) is 5.82 Å². The minimum atomic E-state index is 0.0152. The lowest BCUT2D eigenvalue weighted by atomic mass is 10.1. The van der Waals surface area contributed by atoms with E-state index in [9.17, 15) is 4.79 Å². The Morgan fingerprint density at radius 2 is 2.20 bits per heavy atom. The molecule has 20 heavy (non-hydrogen) atoms. The Balaban J connectivity index is 1.78. The number of aryl methyl sites for hydroxylation is 3. The van der Waals surface area contributed by atoms with Crippen LogP contribution in [0.1, 0.15) is 28.2 Å². The van der Waals surface area contributed by atoms with Crippen LogP contribution in [0.4, 0.5) is 0 Å². The van der Waals surface area contributed by atoms with Crippen LogP contribution in [0, 0.1) is 6.92 Å². The van der Waals surface area contributed by atoms with Crippen LogP contribution in [-0.4, -0.2) is 16.5 Å². The minimum absolute atomic E-state index is 0.0152. The van der Waals surface area contributed by atoms with Crippen molar-refractivity contribution in [2.75, 3.05) is 6.54 Å². The fraction of sp³-hybridized carbons (Fsp3) is 0.375. The molecule has 0 saturated carbocycles. The maximum atomic E-state index is 12.0. The van der Waals surface area contributed by atoms with E-state index in [0.717, 1.165) is 42.9 Å². The first kappa shape index (κ1) is 13.1. The molecule has 2 N–H and O–H groups in total. The summed E-state index contributed by atoms with van der Waals surface area (Å²) in [7, 11) is 0. The molecule has 0 bridgehead atoms. The lowest BCUT2D eigenvalue weighted by Gasteiger charge is -2.15. The molecular formula is C16H19N3O. The molecule has 1 aliphatic heterocycles. The second kappa shape index (κ2) is 5.59. The van der Waals surface area contributed by atoms with E-state index in [1.54, 1.807) is 0 Å². The van der Waals surface area contributed by atoms with Crippen LogP contribution in [0.25, 0.3) is 0 Å². The molecule has 1 aliphatic rings. The smallest absolute Gasteiger partial charge is 0.255 e. The Hall–Kier alpha value is -1.94. The van der Waals surface area contributed by atoms with Crippen molar-refractivity contribution >= 4 is 0 Å². The van der Waals surface area contributed by atoms with Gasteiger partial charge in [0, 0.05) is 25.9 Å². The lowest BCUT2D eigenvalue weighted by Crippen LogP contribution is -2.32. The van der Waals surface area contributed by atoms with Crippen LogP contribution < -0.4 is 10.9 Å².